The van der Waals surface area contributed by atoms with Crippen LogP contribution in [0.4, 0.5) is 0 Å². The first kappa shape index (κ1) is 12.5. The smallest absolute Gasteiger partial charge is 0.362 e. The van der Waals surface area contributed by atoms with Crippen molar-refractivity contribution in [1.29, 1.82) is 0 Å². The third kappa shape index (κ3) is 2.33. The summed E-state index contributed by atoms with van der Waals surface area (Å²) >= 11 is 1.31. The van der Waals surface area contributed by atoms with Gasteiger partial charge in [-0.15, -0.1) is 4.73 Å². The Labute approximate surface area is 107 Å². The van der Waals surface area contributed by atoms with Crippen molar-refractivity contribution in [2.75, 3.05) is 7.11 Å². The minimum Gasteiger partial charge on any atom is -0.412 e. The average Bonchev–Trinajstić information content (AvgIpc) is 2.37. The average molecular weight is 264 g/mol. The molecule has 0 spiro atoms. The van der Waals surface area contributed by atoms with Gasteiger partial charge < -0.3 is 4.84 Å². The lowest BCUT2D eigenvalue weighted by molar-refractivity contribution is 0.129. The molecule has 0 aliphatic rings. The zero-order valence-electron chi connectivity index (χ0n) is 9.97. The van der Waals surface area contributed by atoms with Gasteiger partial charge in [-0.25, -0.2) is 4.79 Å². The Hall–Kier alpha value is -1.95. The molecule has 0 aliphatic heterocycles. The predicted octanol–water partition coefficient (Wildman–Crippen LogP) is 1.05. The van der Waals surface area contributed by atoms with Gasteiger partial charge in [0.15, 0.2) is 0 Å². The minimum absolute atomic E-state index is 0.397. The highest BCUT2D eigenvalue weighted by atomic mass is 32.2. The van der Waals surface area contributed by atoms with Gasteiger partial charge in [0.25, 0.3) is 5.56 Å². The van der Waals surface area contributed by atoms with Gasteiger partial charge in [-0.05, 0) is 19.1 Å². The van der Waals surface area contributed by atoms with Crippen LogP contribution < -0.4 is 16.1 Å². The molecule has 0 saturated carbocycles. The highest BCUT2D eigenvalue weighted by Crippen LogP contribution is 2.27. The number of hydrogen-bond acceptors (Lipinski definition) is 4. The number of rotatable bonds is 3. The standard InChI is InChI=1S/C12H12N2O3S/c1-8-10(15)13-12(16)14(17-2)11(8)18-9-6-4-3-5-7-9/h3-7H,1-2H3,(H,13,15,16). The lowest BCUT2D eigenvalue weighted by atomic mass is 10.4. The third-order valence-electron chi connectivity index (χ3n) is 2.39. The molecule has 2 aromatic rings. The van der Waals surface area contributed by atoms with Crippen LogP contribution in [0.1, 0.15) is 5.56 Å². The summed E-state index contributed by atoms with van der Waals surface area (Å²) in [5.74, 6) is 0. The molecule has 0 aliphatic carbocycles. The monoisotopic (exact) mass is 264 g/mol. The van der Waals surface area contributed by atoms with Crippen LogP contribution in [0.3, 0.4) is 0 Å². The van der Waals surface area contributed by atoms with Crippen LogP contribution in [0, 0.1) is 6.92 Å². The van der Waals surface area contributed by atoms with Gasteiger partial charge in [0, 0.05) is 10.5 Å². The van der Waals surface area contributed by atoms with E-state index in [1.54, 1.807) is 6.92 Å². The van der Waals surface area contributed by atoms with E-state index in [1.165, 1.54) is 18.9 Å². The number of aromatic amines is 1. The number of hydrogen-bond donors (Lipinski definition) is 1. The highest BCUT2D eigenvalue weighted by molar-refractivity contribution is 7.99. The van der Waals surface area contributed by atoms with Crippen LogP contribution in [-0.4, -0.2) is 16.8 Å². The fourth-order valence-corrected chi connectivity index (χ4v) is 2.47. The maximum atomic E-state index is 11.6. The van der Waals surface area contributed by atoms with Crippen molar-refractivity contribution in [2.24, 2.45) is 0 Å². The fourth-order valence-electron chi connectivity index (χ4n) is 1.47. The summed E-state index contributed by atoms with van der Waals surface area (Å²) in [6.45, 7) is 1.65. The van der Waals surface area contributed by atoms with Crippen LogP contribution in [0.2, 0.25) is 0 Å². The van der Waals surface area contributed by atoms with E-state index in [1.807, 2.05) is 30.3 Å². The summed E-state index contributed by atoms with van der Waals surface area (Å²) in [6, 6.07) is 9.48. The van der Waals surface area contributed by atoms with Crippen molar-refractivity contribution >= 4 is 11.8 Å². The molecule has 0 radical (unpaired) electrons. The van der Waals surface area contributed by atoms with Crippen molar-refractivity contribution in [3.8, 4) is 0 Å². The third-order valence-corrected chi connectivity index (χ3v) is 3.56. The number of H-pyrrole nitrogens is 1. The van der Waals surface area contributed by atoms with E-state index in [0.29, 0.717) is 10.6 Å². The van der Waals surface area contributed by atoms with Crippen LogP contribution in [0.15, 0.2) is 49.8 Å². The summed E-state index contributed by atoms with van der Waals surface area (Å²) in [4.78, 5) is 31.3. The van der Waals surface area contributed by atoms with E-state index >= 15 is 0 Å². The molecule has 1 heterocycles. The molecule has 2 rings (SSSR count). The molecule has 0 fully saturated rings. The molecule has 1 aromatic heterocycles. The lowest BCUT2D eigenvalue weighted by Gasteiger charge is -2.11. The van der Waals surface area contributed by atoms with Crippen LogP contribution in [0.5, 0.6) is 0 Å². The molecule has 0 saturated heterocycles. The van der Waals surface area contributed by atoms with E-state index in [2.05, 4.69) is 4.98 Å². The summed E-state index contributed by atoms with van der Waals surface area (Å²) < 4.78 is 1.08. The van der Waals surface area contributed by atoms with Gasteiger partial charge in [0.1, 0.15) is 12.1 Å². The number of nitrogens with one attached hydrogen (secondary N) is 1. The topological polar surface area (TPSA) is 64.1 Å². The van der Waals surface area contributed by atoms with Crippen LogP contribution in [-0.2, 0) is 0 Å². The van der Waals surface area contributed by atoms with E-state index in [4.69, 9.17) is 4.84 Å². The highest BCUT2D eigenvalue weighted by Gasteiger charge is 2.13. The van der Waals surface area contributed by atoms with Crippen molar-refractivity contribution in [1.82, 2.24) is 9.71 Å². The lowest BCUT2D eigenvalue weighted by Crippen LogP contribution is -2.35. The molecule has 0 unspecified atom stereocenters. The van der Waals surface area contributed by atoms with Crippen molar-refractivity contribution in [2.45, 2.75) is 16.8 Å². The largest absolute Gasteiger partial charge is 0.412 e. The predicted molar refractivity (Wildman–Crippen MR) is 69.1 cm³/mol. The summed E-state index contributed by atoms with van der Waals surface area (Å²) in [5.41, 5.74) is -0.524. The molecule has 0 bridgehead atoms. The molecule has 18 heavy (non-hydrogen) atoms. The van der Waals surface area contributed by atoms with Crippen molar-refractivity contribution in [3.63, 3.8) is 0 Å². The Bertz CT molecular complexity index is 661. The SMILES string of the molecule is COn1c(Sc2ccccc2)c(C)c(=O)[nH]c1=O. The van der Waals surface area contributed by atoms with Crippen molar-refractivity contribution < 1.29 is 4.84 Å². The second-order valence-electron chi connectivity index (χ2n) is 3.58. The van der Waals surface area contributed by atoms with Crippen molar-refractivity contribution in [3.05, 3.63) is 56.7 Å². The Morgan fingerprint density at radius 1 is 1.22 bits per heavy atom. The van der Waals surface area contributed by atoms with Gasteiger partial charge in [0.2, 0.25) is 0 Å². The van der Waals surface area contributed by atoms with Gasteiger partial charge in [0.05, 0.1) is 0 Å². The molecular weight excluding hydrogens is 252 g/mol. The maximum absolute atomic E-state index is 11.6. The Balaban J connectivity index is 2.56. The number of aromatic nitrogens is 2. The molecule has 5 nitrogen and oxygen atoms in total. The van der Waals surface area contributed by atoms with Crippen LogP contribution in [0.25, 0.3) is 0 Å². The molecule has 0 amide bonds. The van der Waals surface area contributed by atoms with E-state index in [-0.39, 0.29) is 0 Å². The summed E-state index contributed by atoms with van der Waals surface area (Å²) in [7, 11) is 1.38. The number of nitrogens with zero attached hydrogens (tertiary/aromatic N) is 1. The van der Waals surface area contributed by atoms with Gasteiger partial charge >= 0.3 is 5.69 Å². The molecule has 0 atom stereocenters. The normalized spacial score (nSPS) is 10.3. The molecular formula is C12H12N2O3S. The fraction of sp³-hybridized carbons (Fsp3) is 0.167. The summed E-state index contributed by atoms with van der Waals surface area (Å²) in [6.07, 6.45) is 0. The van der Waals surface area contributed by atoms with Gasteiger partial charge in [-0.2, -0.15) is 0 Å². The second kappa shape index (κ2) is 5.14. The van der Waals surface area contributed by atoms with Gasteiger partial charge in [-0.3, -0.25) is 9.78 Å². The van der Waals surface area contributed by atoms with E-state index in [9.17, 15) is 9.59 Å². The zero-order chi connectivity index (χ0) is 13.1. The first-order valence-corrected chi connectivity index (χ1v) is 6.08. The van der Waals surface area contributed by atoms with E-state index < -0.39 is 11.2 Å². The van der Waals surface area contributed by atoms with E-state index in [0.717, 1.165) is 9.63 Å². The summed E-state index contributed by atoms with van der Waals surface area (Å²) in [5, 5.41) is 0.484. The Kier molecular flexibility index (Phi) is 3.57. The van der Waals surface area contributed by atoms with Crippen LogP contribution >= 0.6 is 11.8 Å². The number of benzene rings is 1. The minimum atomic E-state index is -0.577. The molecule has 94 valence electrons. The molecule has 1 aromatic carbocycles. The first-order valence-electron chi connectivity index (χ1n) is 5.27. The maximum Gasteiger partial charge on any atom is 0.362 e. The quantitative estimate of drug-likeness (QED) is 0.842. The molecule has 1 N–H and O–H groups in total. The Morgan fingerprint density at radius 2 is 1.89 bits per heavy atom. The molecule has 6 heteroatoms. The Morgan fingerprint density at radius 3 is 2.50 bits per heavy atom. The zero-order valence-corrected chi connectivity index (χ0v) is 10.8. The van der Waals surface area contributed by atoms with Gasteiger partial charge in [-0.1, -0.05) is 30.0 Å². The first-order chi connectivity index (χ1) is 8.63. The second-order valence-corrected chi connectivity index (χ2v) is 4.64.